The summed E-state index contributed by atoms with van der Waals surface area (Å²) in [4.78, 5) is 0.296. The highest BCUT2D eigenvalue weighted by atomic mass is 32.2. The summed E-state index contributed by atoms with van der Waals surface area (Å²) in [5.74, 6) is 1.29. The third kappa shape index (κ3) is 4.20. The fourth-order valence-corrected chi connectivity index (χ4v) is 4.45. The number of nitrogens with one attached hydrogen (secondary N) is 1. The third-order valence-electron chi connectivity index (χ3n) is 4.61. The zero-order valence-electron chi connectivity index (χ0n) is 12.9. The zero-order valence-corrected chi connectivity index (χ0v) is 13.7. The van der Waals surface area contributed by atoms with Crippen molar-refractivity contribution in [3.05, 3.63) is 23.8 Å². The Morgan fingerprint density at radius 2 is 1.81 bits per heavy atom. The monoisotopic (exact) mass is 310 g/mol. The lowest BCUT2D eigenvalue weighted by Crippen LogP contribution is -2.31. The number of nitrogen functional groups attached to an aromatic ring is 1. The second-order valence-corrected chi connectivity index (χ2v) is 7.91. The lowest BCUT2D eigenvalue weighted by atomic mass is 9.81. The molecule has 21 heavy (non-hydrogen) atoms. The standard InChI is InChI=1S/C16H26N2O2S/c1-3-13-5-7-14(8-6-13)11-18-21(19,20)16-10-15(17)9-4-12(16)2/h4,9-10,13-14,18H,3,5-8,11,17H2,1-2H3. The van der Waals surface area contributed by atoms with Crippen LogP contribution in [0.3, 0.4) is 0 Å². The van der Waals surface area contributed by atoms with E-state index in [-0.39, 0.29) is 0 Å². The molecule has 0 atom stereocenters. The summed E-state index contributed by atoms with van der Waals surface area (Å²) >= 11 is 0. The summed E-state index contributed by atoms with van der Waals surface area (Å²) in [5.41, 5.74) is 6.91. The number of hydrogen-bond donors (Lipinski definition) is 2. The van der Waals surface area contributed by atoms with E-state index in [1.54, 1.807) is 19.1 Å². The van der Waals surface area contributed by atoms with Gasteiger partial charge in [0.1, 0.15) is 0 Å². The minimum Gasteiger partial charge on any atom is -0.399 e. The second kappa shape index (κ2) is 6.79. The van der Waals surface area contributed by atoms with Crippen LogP contribution in [0.4, 0.5) is 5.69 Å². The van der Waals surface area contributed by atoms with E-state index in [0.29, 0.717) is 23.0 Å². The molecule has 5 heteroatoms. The predicted molar refractivity (Wildman–Crippen MR) is 86.5 cm³/mol. The van der Waals surface area contributed by atoms with Gasteiger partial charge in [-0.05, 0) is 49.3 Å². The Morgan fingerprint density at radius 1 is 1.19 bits per heavy atom. The number of hydrogen-bond acceptors (Lipinski definition) is 3. The van der Waals surface area contributed by atoms with Crippen molar-refractivity contribution >= 4 is 15.7 Å². The van der Waals surface area contributed by atoms with Crippen LogP contribution in [0, 0.1) is 18.8 Å². The van der Waals surface area contributed by atoms with Gasteiger partial charge in [-0.3, -0.25) is 0 Å². The normalized spacial score (nSPS) is 23.1. The van der Waals surface area contributed by atoms with Gasteiger partial charge in [0.15, 0.2) is 0 Å². The molecule has 1 saturated carbocycles. The van der Waals surface area contributed by atoms with Crippen molar-refractivity contribution in [2.45, 2.75) is 50.8 Å². The summed E-state index contributed by atoms with van der Waals surface area (Å²) in [6, 6.07) is 5.00. The first-order chi connectivity index (χ1) is 9.92. The minimum atomic E-state index is -3.46. The van der Waals surface area contributed by atoms with Crippen molar-refractivity contribution in [1.29, 1.82) is 0 Å². The van der Waals surface area contributed by atoms with Crippen LogP contribution in [0.15, 0.2) is 23.1 Å². The first-order valence-corrected chi connectivity index (χ1v) is 9.26. The first-order valence-electron chi connectivity index (χ1n) is 7.78. The van der Waals surface area contributed by atoms with Gasteiger partial charge in [-0.2, -0.15) is 0 Å². The quantitative estimate of drug-likeness (QED) is 0.821. The van der Waals surface area contributed by atoms with Crippen LogP contribution in [-0.4, -0.2) is 15.0 Å². The van der Waals surface area contributed by atoms with E-state index < -0.39 is 10.0 Å². The molecule has 1 aromatic rings. The van der Waals surface area contributed by atoms with Crippen molar-refractivity contribution in [2.75, 3.05) is 12.3 Å². The van der Waals surface area contributed by atoms with Crippen LogP contribution in [-0.2, 0) is 10.0 Å². The van der Waals surface area contributed by atoms with Crippen molar-refractivity contribution in [2.24, 2.45) is 11.8 Å². The van der Waals surface area contributed by atoms with Gasteiger partial charge < -0.3 is 5.73 Å². The number of sulfonamides is 1. The van der Waals surface area contributed by atoms with E-state index >= 15 is 0 Å². The molecule has 0 amide bonds. The molecule has 0 spiro atoms. The van der Waals surface area contributed by atoms with E-state index in [1.807, 2.05) is 0 Å². The number of benzene rings is 1. The highest BCUT2D eigenvalue weighted by Gasteiger charge is 2.23. The molecule has 4 nitrogen and oxygen atoms in total. The molecular weight excluding hydrogens is 284 g/mol. The summed E-state index contributed by atoms with van der Waals surface area (Å²) in [5, 5.41) is 0. The molecule has 1 fully saturated rings. The maximum atomic E-state index is 12.4. The molecule has 0 bridgehead atoms. The van der Waals surface area contributed by atoms with Crippen molar-refractivity contribution in [3.8, 4) is 0 Å². The number of rotatable bonds is 5. The van der Waals surface area contributed by atoms with Gasteiger partial charge in [0.05, 0.1) is 4.90 Å². The van der Waals surface area contributed by atoms with Crippen molar-refractivity contribution < 1.29 is 8.42 Å². The van der Waals surface area contributed by atoms with Gasteiger partial charge in [-0.15, -0.1) is 0 Å². The Bertz CT molecular complexity index is 576. The predicted octanol–water partition coefficient (Wildman–Crippen LogP) is 3.07. The van der Waals surface area contributed by atoms with Gasteiger partial charge >= 0.3 is 0 Å². The van der Waals surface area contributed by atoms with Crippen LogP contribution < -0.4 is 10.5 Å². The second-order valence-electron chi connectivity index (χ2n) is 6.17. The Labute approximate surface area is 128 Å². The Balaban J connectivity index is 1.97. The van der Waals surface area contributed by atoms with Gasteiger partial charge in [0, 0.05) is 12.2 Å². The smallest absolute Gasteiger partial charge is 0.240 e. The van der Waals surface area contributed by atoms with Crippen LogP contribution in [0.2, 0.25) is 0 Å². The van der Waals surface area contributed by atoms with Crippen molar-refractivity contribution in [3.63, 3.8) is 0 Å². The van der Waals surface area contributed by atoms with E-state index in [9.17, 15) is 8.42 Å². The van der Waals surface area contributed by atoms with E-state index in [2.05, 4.69) is 11.6 Å². The first kappa shape index (κ1) is 16.3. The molecule has 3 N–H and O–H groups in total. The number of anilines is 1. The maximum Gasteiger partial charge on any atom is 0.240 e. The Kier molecular flexibility index (Phi) is 5.27. The molecule has 118 valence electrons. The van der Waals surface area contributed by atoms with Gasteiger partial charge in [0.2, 0.25) is 10.0 Å². The topological polar surface area (TPSA) is 72.2 Å². The molecule has 0 heterocycles. The SMILES string of the molecule is CCC1CCC(CNS(=O)(=O)c2cc(N)ccc2C)CC1. The highest BCUT2D eigenvalue weighted by Crippen LogP contribution is 2.30. The molecule has 0 unspecified atom stereocenters. The average molecular weight is 310 g/mol. The van der Waals surface area contributed by atoms with E-state index in [4.69, 9.17) is 5.73 Å². The van der Waals surface area contributed by atoms with E-state index in [1.165, 1.54) is 25.3 Å². The third-order valence-corrected chi connectivity index (χ3v) is 6.17. The molecule has 2 rings (SSSR count). The average Bonchev–Trinajstić information content (AvgIpc) is 2.48. The fourth-order valence-electron chi connectivity index (χ4n) is 3.06. The molecule has 0 aromatic heterocycles. The Hall–Kier alpha value is -1.07. The van der Waals surface area contributed by atoms with Gasteiger partial charge in [-0.25, -0.2) is 13.1 Å². The molecule has 0 saturated heterocycles. The summed E-state index contributed by atoms with van der Waals surface area (Å²) < 4.78 is 27.6. The zero-order chi connectivity index (χ0) is 15.5. The lowest BCUT2D eigenvalue weighted by molar-refractivity contribution is 0.270. The minimum absolute atomic E-state index is 0.296. The molecule has 1 aliphatic rings. The summed E-state index contributed by atoms with van der Waals surface area (Å²) in [7, 11) is -3.46. The van der Waals surface area contributed by atoms with E-state index in [0.717, 1.165) is 24.3 Å². The van der Waals surface area contributed by atoms with Crippen LogP contribution >= 0.6 is 0 Å². The van der Waals surface area contributed by atoms with Crippen LogP contribution in [0.5, 0.6) is 0 Å². The molecule has 1 aromatic carbocycles. The molecule has 0 aliphatic heterocycles. The van der Waals surface area contributed by atoms with Crippen LogP contribution in [0.25, 0.3) is 0 Å². The number of aryl methyl sites for hydroxylation is 1. The lowest BCUT2D eigenvalue weighted by Gasteiger charge is -2.27. The summed E-state index contributed by atoms with van der Waals surface area (Å²) in [6.45, 7) is 4.56. The Morgan fingerprint density at radius 3 is 2.43 bits per heavy atom. The van der Waals surface area contributed by atoms with Crippen LogP contribution in [0.1, 0.15) is 44.6 Å². The fraction of sp³-hybridized carbons (Fsp3) is 0.625. The molecule has 1 aliphatic carbocycles. The summed E-state index contributed by atoms with van der Waals surface area (Å²) in [6.07, 6.45) is 5.93. The van der Waals surface area contributed by atoms with Gasteiger partial charge in [0.25, 0.3) is 0 Å². The van der Waals surface area contributed by atoms with Crippen molar-refractivity contribution in [1.82, 2.24) is 4.72 Å². The molecular formula is C16H26N2O2S. The largest absolute Gasteiger partial charge is 0.399 e. The molecule has 0 radical (unpaired) electrons. The van der Waals surface area contributed by atoms with Gasteiger partial charge in [-0.1, -0.05) is 32.3 Å². The maximum absolute atomic E-state index is 12.4. The highest BCUT2D eigenvalue weighted by molar-refractivity contribution is 7.89. The number of nitrogens with two attached hydrogens (primary N) is 1.